The molecule has 2 aromatic carbocycles. The van der Waals surface area contributed by atoms with Gasteiger partial charge in [-0.3, -0.25) is 4.79 Å². The molecule has 1 saturated carbocycles. The number of halogens is 1. The summed E-state index contributed by atoms with van der Waals surface area (Å²) in [6.45, 7) is 7.12. The van der Waals surface area contributed by atoms with E-state index in [9.17, 15) is 13.2 Å². The van der Waals surface area contributed by atoms with Crippen molar-refractivity contribution in [3.8, 4) is 5.75 Å². The molecule has 5 rings (SSSR count). The van der Waals surface area contributed by atoms with Gasteiger partial charge >= 0.3 is 5.97 Å². The summed E-state index contributed by atoms with van der Waals surface area (Å²) in [7, 11) is -3.89. The third-order valence-corrected chi connectivity index (χ3v) is 9.37. The molecule has 0 unspecified atom stereocenters. The highest BCUT2D eigenvalue weighted by atomic mass is 35.5. The maximum Gasteiger partial charge on any atom is 0.303 e. The Morgan fingerprint density at radius 3 is 2.81 bits per heavy atom. The van der Waals surface area contributed by atoms with Crippen LogP contribution < -0.4 is 14.8 Å². The van der Waals surface area contributed by atoms with Gasteiger partial charge in [0.2, 0.25) is 10.0 Å². The normalized spacial score (nSPS) is 25.6. The van der Waals surface area contributed by atoms with Gasteiger partial charge in [-0.25, -0.2) is 13.6 Å². The molecule has 9 heteroatoms. The number of hydrogen-bond acceptors (Lipinski definition) is 6. The molecule has 2 aliphatic carbocycles. The van der Waals surface area contributed by atoms with Crippen LogP contribution in [0.15, 0.2) is 53.9 Å². The van der Waals surface area contributed by atoms with Crippen molar-refractivity contribution in [2.24, 2.45) is 17.0 Å². The van der Waals surface area contributed by atoms with E-state index in [2.05, 4.69) is 23.6 Å². The van der Waals surface area contributed by atoms with Crippen molar-refractivity contribution in [1.82, 2.24) is 0 Å². The maximum atomic E-state index is 12.2. The highest BCUT2D eigenvalue weighted by Gasteiger charge is 2.44. The molecular formula is C28H33ClN2O5S. The third-order valence-electron chi connectivity index (χ3n) is 8.22. The Morgan fingerprint density at radius 1 is 1.32 bits per heavy atom. The number of ether oxygens (including phenoxy) is 2. The van der Waals surface area contributed by atoms with Crippen molar-refractivity contribution in [3.63, 3.8) is 0 Å². The summed E-state index contributed by atoms with van der Waals surface area (Å²) in [4.78, 5) is 14.0. The molecule has 0 aromatic heterocycles. The molecule has 1 spiro atoms. The van der Waals surface area contributed by atoms with E-state index in [4.69, 9.17) is 26.2 Å². The van der Waals surface area contributed by atoms with Crippen LogP contribution in [-0.4, -0.2) is 40.2 Å². The Bertz CT molecular complexity index is 1330. The molecule has 0 radical (unpaired) electrons. The summed E-state index contributed by atoms with van der Waals surface area (Å²) in [6.07, 6.45) is 6.22. The summed E-state index contributed by atoms with van der Waals surface area (Å²) < 4.78 is 36.4. The minimum Gasteiger partial charge on any atom is -0.490 e. The monoisotopic (exact) mass is 544 g/mol. The van der Waals surface area contributed by atoms with Gasteiger partial charge in [-0.2, -0.15) is 0 Å². The van der Waals surface area contributed by atoms with Gasteiger partial charge in [-0.05, 0) is 79.5 Å². The number of esters is 1. The van der Waals surface area contributed by atoms with Gasteiger partial charge in [-0.15, -0.1) is 0 Å². The third kappa shape index (κ3) is 5.11. The molecule has 37 heavy (non-hydrogen) atoms. The Balaban J connectivity index is 1.54. The van der Waals surface area contributed by atoms with E-state index in [1.807, 2.05) is 6.07 Å². The Morgan fingerprint density at radius 2 is 2.14 bits per heavy atom. The Kier molecular flexibility index (Phi) is 7.02. The number of benzene rings is 2. The van der Waals surface area contributed by atoms with Gasteiger partial charge < -0.3 is 14.4 Å². The minimum absolute atomic E-state index is 0.0562. The van der Waals surface area contributed by atoms with Crippen molar-refractivity contribution in [3.05, 3.63) is 65.2 Å². The number of primary sulfonamides is 1. The van der Waals surface area contributed by atoms with E-state index in [0.29, 0.717) is 25.4 Å². The van der Waals surface area contributed by atoms with E-state index in [1.165, 1.54) is 24.1 Å². The molecule has 0 bridgehead atoms. The van der Waals surface area contributed by atoms with Gasteiger partial charge in [-0.1, -0.05) is 30.3 Å². The average molecular weight is 545 g/mol. The molecule has 3 aliphatic rings. The molecule has 1 heterocycles. The van der Waals surface area contributed by atoms with Crippen LogP contribution in [0, 0.1) is 11.8 Å². The largest absolute Gasteiger partial charge is 0.490 e. The van der Waals surface area contributed by atoms with Gasteiger partial charge in [0.15, 0.2) is 0 Å². The standard InChI is InChI=1S/C28H33ClN2O5S/c1-3-26(36-18(2)32)23-9-6-20(23)15-31-16-28(12-4-5-19-13-21(29)7-10-24(19)28)17-35-27-11-8-22(14-25(27)31)37(30,33)34/h3,7-8,10-11,13-14,20,23,26H,1,4-6,9,12,15-17H2,2H3,(H2,30,33,34)/t20-,23+,26+,28-/m0/s1. The molecule has 1 aliphatic heterocycles. The first-order valence-electron chi connectivity index (χ1n) is 12.7. The molecule has 1 fully saturated rings. The van der Waals surface area contributed by atoms with Crippen molar-refractivity contribution >= 4 is 33.3 Å². The summed E-state index contributed by atoms with van der Waals surface area (Å²) in [5.41, 5.74) is 2.92. The van der Waals surface area contributed by atoms with Gasteiger partial charge in [0.1, 0.15) is 11.9 Å². The SMILES string of the molecule is C=C[C@@H](OC(C)=O)[C@@H]1CC[C@H]1CN1C[C@@]2(CCCc3cc(Cl)ccc32)COc2ccc(S(N)(=O)=O)cc21. The lowest BCUT2D eigenvalue weighted by Crippen LogP contribution is -2.49. The van der Waals surface area contributed by atoms with Gasteiger partial charge in [0.05, 0.1) is 17.2 Å². The first-order valence-corrected chi connectivity index (χ1v) is 14.7. The van der Waals surface area contributed by atoms with Crippen LogP contribution in [0.1, 0.15) is 43.7 Å². The number of fused-ring (bicyclic) bond motifs is 3. The van der Waals surface area contributed by atoms with Crippen molar-refractivity contribution < 1.29 is 22.7 Å². The van der Waals surface area contributed by atoms with E-state index in [0.717, 1.165) is 42.8 Å². The van der Waals surface area contributed by atoms with Crippen LogP contribution in [0.3, 0.4) is 0 Å². The lowest BCUT2D eigenvalue weighted by molar-refractivity contribution is -0.149. The van der Waals surface area contributed by atoms with E-state index >= 15 is 0 Å². The van der Waals surface area contributed by atoms with Gasteiger partial charge in [0, 0.05) is 36.4 Å². The molecule has 7 nitrogen and oxygen atoms in total. The van der Waals surface area contributed by atoms with E-state index in [1.54, 1.807) is 18.2 Å². The highest BCUT2D eigenvalue weighted by molar-refractivity contribution is 7.89. The first kappa shape index (κ1) is 26.1. The van der Waals surface area contributed by atoms with Crippen molar-refractivity contribution in [2.45, 2.75) is 55.4 Å². The fourth-order valence-electron chi connectivity index (χ4n) is 6.31. The zero-order valence-corrected chi connectivity index (χ0v) is 22.6. The quantitative estimate of drug-likeness (QED) is 0.421. The molecule has 198 valence electrons. The molecule has 2 N–H and O–H groups in total. The van der Waals surface area contributed by atoms with E-state index < -0.39 is 10.0 Å². The van der Waals surface area contributed by atoms with Crippen molar-refractivity contribution in [1.29, 1.82) is 0 Å². The number of carbonyl (C=O) groups excluding carboxylic acids is 1. The molecular weight excluding hydrogens is 512 g/mol. The fraction of sp³-hybridized carbons (Fsp3) is 0.464. The Hall–Kier alpha value is -2.55. The topological polar surface area (TPSA) is 98.9 Å². The number of nitrogens with two attached hydrogens (primary N) is 1. The molecule has 0 amide bonds. The molecule has 4 atom stereocenters. The number of hydrogen-bond donors (Lipinski definition) is 1. The number of rotatable bonds is 6. The van der Waals surface area contributed by atoms with Crippen LogP contribution in [0.2, 0.25) is 5.02 Å². The predicted molar refractivity (Wildman–Crippen MR) is 144 cm³/mol. The number of carbonyl (C=O) groups is 1. The Labute approximate surface area is 223 Å². The number of sulfonamides is 1. The predicted octanol–water partition coefficient (Wildman–Crippen LogP) is 4.60. The van der Waals surface area contributed by atoms with Crippen LogP contribution in [0.25, 0.3) is 0 Å². The number of aryl methyl sites for hydroxylation is 1. The lowest BCUT2D eigenvalue weighted by atomic mass is 9.68. The summed E-state index contributed by atoms with van der Waals surface area (Å²) >= 11 is 6.33. The van der Waals surface area contributed by atoms with Gasteiger partial charge in [0.25, 0.3) is 0 Å². The minimum atomic E-state index is -3.89. The smallest absolute Gasteiger partial charge is 0.303 e. The second kappa shape index (κ2) is 9.97. The summed E-state index contributed by atoms with van der Waals surface area (Å²) in [5, 5.41) is 6.22. The molecule has 2 aromatic rings. The van der Waals surface area contributed by atoms with Crippen LogP contribution in [0.4, 0.5) is 5.69 Å². The first-order chi connectivity index (χ1) is 17.6. The lowest BCUT2D eigenvalue weighted by Gasteiger charge is -2.45. The zero-order chi connectivity index (χ0) is 26.4. The van der Waals surface area contributed by atoms with E-state index in [-0.39, 0.29) is 34.2 Å². The summed E-state index contributed by atoms with van der Waals surface area (Å²) in [5.74, 6) is 0.723. The van der Waals surface area contributed by atoms with Crippen molar-refractivity contribution in [2.75, 3.05) is 24.6 Å². The summed E-state index contributed by atoms with van der Waals surface area (Å²) in [6, 6.07) is 10.9. The molecule has 0 saturated heterocycles. The van der Waals surface area contributed by atoms with Crippen LogP contribution in [-0.2, 0) is 31.4 Å². The highest BCUT2D eigenvalue weighted by Crippen LogP contribution is 2.47. The number of nitrogens with zero attached hydrogens (tertiary/aromatic N) is 1. The number of anilines is 1. The van der Waals surface area contributed by atoms with Crippen LogP contribution in [0.5, 0.6) is 5.75 Å². The second-order valence-corrected chi connectivity index (χ2v) is 12.6. The fourth-order valence-corrected chi connectivity index (χ4v) is 7.04. The zero-order valence-electron chi connectivity index (χ0n) is 21.0. The second-order valence-electron chi connectivity index (χ2n) is 10.6. The average Bonchev–Trinajstić information content (AvgIpc) is 2.97. The maximum absolute atomic E-state index is 12.2. The van der Waals surface area contributed by atoms with Crippen LogP contribution >= 0.6 is 11.6 Å².